The third-order valence-corrected chi connectivity index (χ3v) is 3.74. The van der Waals surface area contributed by atoms with Crippen molar-refractivity contribution in [2.75, 3.05) is 0 Å². The highest BCUT2D eigenvalue weighted by molar-refractivity contribution is 5.75. The Hall–Kier alpha value is -1.62. The van der Waals surface area contributed by atoms with Crippen molar-refractivity contribution in [3.8, 4) is 5.75 Å². The lowest BCUT2D eigenvalue weighted by atomic mass is 10.1. The predicted molar refractivity (Wildman–Crippen MR) is 84.0 cm³/mol. The van der Waals surface area contributed by atoms with Gasteiger partial charge in [0.25, 0.3) is 0 Å². The van der Waals surface area contributed by atoms with E-state index >= 15 is 0 Å². The van der Waals surface area contributed by atoms with Gasteiger partial charge in [-0.25, -0.2) is 9.82 Å². The summed E-state index contributed by atoms with van der Waals surface area (Å²) >= 11 is 0. The molecule has 22 heavy (non-hydrogen) atoms. The molecule has 122 valence electrons. The Balaban J connectivity index is 1.93. The summed E-state index contributed by atoms with van der Waals surface area (Å²) in [5.41, 5.74) is 6.25. The molecule has 2 N–H and O–H groups in total. The van der Waals surface area contributed by atoms with Crippen LogP contribution in [0.3, 0.4) is 0 Å². The summed E-state index contributed by atoms with van der Waals surface area (Å²) in [6, 6.07) is 4.73. The third kappa shape index (κ3) is 5.30. The van der Waals surface area contributed by atoms with Gasteiger partial charge in [-0.15, -0.1) is 0 Å². The molecule has 0 saturated heterocycles. The molecule has 1 amide bonds. The van der Waals surface area contributed by atoms with E-state index in [1.165, 1.54) is 25.0 Å². The zero-order valence-electron chi connectivity index (χ0n) is 13.3. The summed E-state index contributed by atoms with van der Waals surface area (Å²) in [6.45, 7) is 3.89. The highest BCUT2D eigenvalue weighted by atomic mass is 19.1. The minimum atomic E-state index is -0.297. The van der Waals surface area contributed by atoms with Gasteiger partial charge >= 0.3 is 0 Å². The quantitative estimate of drug-likeness (QED) is 0.761. The van der Waals surface area contributed by atoms with E-state index in [0.29, 0.717) is 18.6 Å². The van der Waals surface area contributed by atoms with Gasteiger partial charge in [0, 0.05) is 12.5 Å². The number of nitrogens with one attached hydrogen (secondary N) is 2. The number of hydrazine groups is 1. The first-order chi connectivity index (χ1) is 10.5. The molecule has 1 aliphatic rings. The molecule has 1 aliphatic carbocycles. The smallest absolute Gasteiger partial charge is 0.234 e. The minimum absolute atomic E-state index is 0.107. The molecule has 0 aliphatic heterocycles. The molecule has 1 saturated carbocycles. The van der Waals surface area contributed by atoms with E-state index in [1.54, 1.807) is 6.07 Å². The molecule has 0 spiro atoms. The normalized spacial score (nSPS) is 15.3. The molecule has 0 unspecified atom stereocenters. The van der Waals surface area contributed by atoms with Gasteiger partial charge in [0.05, 0.1) is 6.10 Å². The van der Waals surface area contributed by atoms with Crippen LogP contribution < -0.4 is 15.6 Å². The number of halogens is 1. The maximum atomic E-state index is 13.5. The molecule has 0 bridgehead atoms. The summed E-state index contributed by atoms with van der Waals surface area (Å²) in [5.74, 6) is 0.303. The molecule has 0 atom stereocenters. The molecular weight excluding hydrogens is 283 g/mol. The molecule has 1 fully saturated rings. The van der Waals surface area contributed by atoms with Crippen molar-refractivity contribution in [1.29, 1.82) is 0 Å². The van der Waals surface area contributed by atoms with Crippen LogP contribution in [0.1, 0.15) is 51.5 Å². The van der Waals surface area contributed by atoms with Gasteiger partial charge in [-0.1, -0.05) is 0 Å². The number of amides is 1. The number of aryl methyl sites for hydroxylation is 1. The maximum absolute atomic E-state index is 13.5. The number of hydrogen-bond donors (Lipinski definition) is 2. The molecule has 5 heteroatoms. The van der Waals surface area contributed by atoms with E-state index in [-0.39, 0.29) is 23.9 Å². The summed E-state index contributed by atoms with van der Waals surface area (Å²) in [7, 11) is 0. The molecule has 0 aromatic heterocycles. The van der Waals surface area contributed by atoms with Crippen LogP contribution in [0.15, 0.2) is 18.2 Å². The summed E-state index contributed by atoms with van der Waals surface area (Å²) in [5, 5.41) is 0. The van der Waals surface area contributed by atoms with E-state index in [2.05, 4.69) is 10.9 Å². The first-order valence-electron chi connectivity index (χ1n) is 8.04. The van der Waals surface area contributed by atoms with Gasteiger partial charge in [0.1, 0.15) is 11.6 Å². The third-order valence-electron chi connectivity index (χ3n) is 3.74. The van der Waals surface area contributed by atoms with Gasteiger partial charge < -0.3 is 4.74 Å². The fourth-order valence-electron chi connectivity index (χ4n) is 2.58. The fourth-order valence-corrected chi connectivity index (χ4v) is 2.58. The van der Waals surface area contributed by atoms with Crippen LogP contribution in [0.4, 0.5) is 4.39 Å². The Kier molecular flexibility index (Phi) is 6.19. The van der Waals surface area contributed by atoms with Crippen LogP contribution in [0.5, 0.6) is 5.75 Å². The zero-order valence-corrected chi connectivity index (χ0v) is 13.3. The number of carbonyl (C=O) groups excluding carboxylic acids is 1. The first-order valence-corrected chi connectivity index (χ1v) is 8.04. The Bertz CT molecular complexity index is 499. The van der Waals surface area contributed by atoms with Crippen molar-refractivity contribution in [3.63, 3.8) is 0 Å². The lowest BCUT2D eigenvalue weighted by molar-refractivity contribution is -0.122. The number of benzene rings is 1. The Morgan fingerprint density at radius 2 is 2.09 bits per heavy atom. The Morgan fingerprint density at radius 1 is 1.36 bits per heavy atom. The van der Waals surface area contributed by atoms with Crippen molar-refractivity contribution >= 4 is 5.91 Å². The maximum Gasteiger partial charge on any atom is 0.234 e. The van der Waals surface area contributed by atoms with E-state index in [0.717, 1.165) is 18.4 Å². The highest BCUT2D eigenvalue weighted by Gasteiger charge is 2.18. The van der Waals surface area contributed by atoms with E-state index in [9.17, 15) is 9.18 Å². The Morgan fingerprint density at radius 3 is 2.77 bits per heavy atom. The largest absolute Gasteiger partial charge is 0.490 e. The van der Waals surface area contributed by atoms with E-state index < -0.39 is 0 Å². The molecular formula is C17H25FN2O2. The average molecular weight is 308 g/mol. The molecule has 1 aromatic rings. The van der Waals surface area contributed by atoms with Crippen molar-refractivity contribution in [2.45, 2.75) is 64.5 Å². The number of ether oxygens (including phenoxy) is 1. The van der Waals surface area contributed by atoms with Gasteiger partial charge in [-0.05, 0) is 69.7 Å². The molecule has 4 nitrogen and oxygen atoms in total. The number of rotatable bonds is 7. The molecule has 0 radical (unpaired) electrons. The van der Waals surface area contributed by atoms with E-state index in [1.807, 2.05) is 13.8 Å². The second-order valence-electron chi connectivity index (χ2n) is 6.12. The molecule has 0 heterocycles. The summed E-state index contributed by atoms with van der Waals surface area (Å²) in [6.07, 6.45) is 5.45. The van der Waals surface area contributed by atoms with Crippen LogP contribution in [0, 0.1) is 5.82 Å². The lowest BCUT2D eigenvalue weighted by Gasteiger charge is -2.17. The van der Waals surface area contributed by atoms with Crippen LogP contribution in [0.25, 0.3) is 0 Å². The van der Waals surface area contributed by atoms with Crippen LogP contribution in [0.2, 0.25) is 0 Å². The lowest BCUT2D eigenvalue weighted by Crippen LogP contribution is -2.41. The predicted octanol–water partition coefficient (Wildman–Crippen LogP) is 3.11. The standard InChI is InChI=1S/C17H25FN2O2/c1-12(2)19-20-17(21)10-7-13-11-14(18)8-9-16(13)22-15-5-3-4-6-15/h8-9,11-12,15,19H,3-7,10H2,1-2H3,(H,20,21). The highest BCUT2D eigenvalue weighted by Crippen LogP contribution is 2.28. The Labute approximate surface area is 131 Å². The SMILES string of the molecule is CC(C)NNC(=O)CCc1cc(F)ccc1OC1CCCC1. The van der Waals surface area contributed by atoms with Crippen molar-refractivity contribution in [3.05, 3.63) is 29.6 Å². The first kappa shape index (κ1) is 16.7. The fraction of sp³-hybridized carbons (Fsp3) is 0.588. The molecule has 2 rings (SSSR count). The van der Waals surface area contributed by atoms with Crippen molar-refractivity contribution < 1.29 is 13.9 Å². The molecule has 1 aromatic carbocycles. The monoisotopic (exact) mass is 308 g/mol. The number of hydrogen-bond acceptors (Lipinski definition) is 3. The summed E-state index contributed by atoms with van der Waals surface area (Å²) < 4.78 is 19.4. The second-order valence-corrected chi connectivity index (χ2v) is 6.12. The summed E-state index contributed by atoms with van der Waals surface area (Å²) in [4.78, 5) is 11.8. The van der Waals surface area contributed by atoms with Gasteiger partial charge in [-0.2, -0.15) is 0 Å². The number of carbonyl (C=O) groups is 1. The van der Waals surface area contributed by atoms with Crippen molar-refractivity contribution in [2.24, 2.45) is 0 Å². The van der Waals surface area contributed by atoms with Crippen molar-refractivity contribution in [1.82, 2.24) is 10.9 Å². The van der Waals surface area contributed by atoms with Gasteiger partial charge in [0.2, 0.25) is 5.91 Å². The van der Waals surface area contributed by atoms with Crippen LogP contribution in [-0.4, -0.2) is 18.1 Å². The van der Waals surface area contributed by atoms with Crippen LogP contribution in [-0.2, 0) is 11.2 Å². The zero-order chi connectivity index (χ0) is 15.9. The topological polar surface area (TPSA) is 50.4 Å². The second kappa shape index (κ2) is 8.13. The van der Waals surface area contributed by atoms with Crippen LogP contribution >= 0.6 is 0 Å². The van der Waals surface area contributed by atoms with Gasteiger partial charge in [0.15, 0.2) is 0 Å². The van der Waals surface area contributed by atoms with Gasteiger partial charge in [-0.3, -0.25) is 10.2 Å². The van der Waals surface area contributed by atoms with E-state index in [4.69, 9.17) is 4.74 Å². The minimum Gasteiger partial charge on any atom is -0.490 e. The average Bonchev–Trinajstić information content (AvgIpc) is 2.98.